The Kier molecular flexibility index (Phi) is 7.57. The Balaban J connectivity index is 1.35. The minimum absolute atomic E-state index is 0.0394. The van der Waals surface area contributed by atoms with E-state index in [0.29, 0.717) is 33.2 Å². The van der Waals surface area contributed by atoms with Crippen LogP contribution < -0.4 is 10.0 Å². The summed E-state index contributed by atoms with van der Waals surface area (Å²) in [4.78, 5) is 20.7. The molecule has 1 amide bonds. The number of hydrogen-bond acceptors (Lipinski definition) is 8. The molecule has 13 heteroatoms. The molecule has 0 aliphatic carbocycles. The molecule has 10 nitrogen and oxygen atoms in total. The van der Waals surface area contributed by atoms with Gasteiger partial charge in [-0.25, -0.2) is 18.4 Å². The van der Waals surface area contributed by atoms with Gasteiger partial charge in [-0.05, 0) is 62.4 Å². The van der Waals surface area contributed by atoms with E-state index in [1.807, 2.05) is 19.2 Å². The predicted molar refractivity (Wildman–Crippen MR) is 140 cm³/mol. The summed E-state index contributed by atoms with van der Waals surface area (Å²) in [7, 11) is -2.03. The second kappa shape index (κ2) is 10.6. The van der Waals surface area contributed by atoms with Gasteiger partial charge in [0.1, 0.15) is 11.6 Å². The summed E-state index contributed by atoms with van der Waals surface area (Å²) >= 11 is 7.18. The number of rotatable bonds is 8. The summed E-state index contributed by atoms with van der Waals surface area (Å²) in [5.41, 5.74) is 1.98. The molecule has 2 aromatic heterocycles. The maximum absolute atomic E-state index is 12.7. The lowest BCUT2D eigenvalue weighted by Gasteiger charge is -2.10. The standard InChI is InChI=1S/C23H22ClN7O3S2/c1-14-12-20(26-15(2)25-14)30-36(33,34)19-10-8-18(9-11-19)27-21(32)13-35-23-29-28-22(31(23)3)16-4-6-17(24)7-5-16/h4-12H,13H2,1-3H3,(H,27,32)(H,25,26,30). The van der Waals surface area contributed by atoms with Gasteiger partial charge in [-0.1, -0.05) is 23.4 Å². The van der Waals surface area contributed by atoms with Crippen LogP contribution in [0.15, 0.2) is 64.6 Å². The van der Waals surface area contributed by atoms with Gasteiger partial charge >= 0.3 is 0 Å². The van der Waals surface area contributed by atoms with Gasteiger partial charge in [-0.3, -0.25) is 9.52 Å². The molecular weight excluding hydrogens is 522 g/mol. The maximum Gasteiger partial charge on any atom is 0.263 e. The third-order valence-electron chi connectivity index (χ3n) is 4.92. The van der Waals surface area contributed by atoms with Crippen molar-refractivity contribution in [1.82, 2.24) is 24.7 Å². The summed E-state index contributed by atoms with van der Waals surface area (Å²) in [5, 5.41) is 12.3. The van der Waals surface area contributed by atoms with Crippen LogP contribution in [-0.4, -0.2) is 44.8 Å². The minimum atomic E-state index is -3.85. The first-order valence-electron chi connectivity index (χ1n) is 10.6. The van der Waals surface area contributed by atoms with Crippen LogP contribution in [0.3, 0.4) is 0 Å². The molecule has 4 rings (SSSR count). The summed E-state index contributed by atoms with van der Waals surface area (Å²) < 4.78 is 29.6. The first kappa shape index (κ1) is 25.6. The lowest BCUT2D eigenvalue weighted by atomic mass is 10.2. The monoisotopic (exact) mass is 543 g/mol. The first-order valence-corrected chi connectivity index (χ1v) is 13.5. The molecule has 2 heterocycles. The van der Waals surface area contributed by atoms with Gasteiger partial charge in [0.15, 0.2) is 11.0 Å². The Morgan fingerprint density at radius 3 is 2.39 bits per heavy atom. The molecule has 36 heavy (non-hydrogen) atoms. The van der Waals surface area contributed by atoms with Crippen molar-refractivity contribution in [3.63, 3.8) is 0 Å². The first-order chi connectivity index (χ1) is 17.1. The van der Waals surface area contributed by atoms with Crippen LogP contribution in [0.4, 0.5) is 11.5 Å². The van der Waals surface area contributed by atoms with Crippen molar-refractivity contribution in [3.05, 3.63) is 71.1 Å². The van der Waals surface area contributed by atoms with Gasteiger partial charge in [0.05, 0.1) is 10.6 Å². The normalized spacial score (nSPS) is 11.3. The van der Waals surface area contributed by atoms with Crippen molar-refractivity contribution >= 4 is 50.8 Å². The SMILES string of the molecule is Cc1cc(NS(=O)(=O)c2ccc(NC(=O)CSc3nnc(-c4ccc(Cl)cc4)n3C)cc2)nc(C)n1. The quantitative estimate of drug-likeness (QED) is 0.318. The fraction of sp³-hybridized carbons (Fsp3) is 0.174. The molecule has 0 saturated carbocycles. The number of nitrogens with zero attached hydrogens (tertiary/aromatic N) is 5. The molecule has 0 aliphatic rings. The molecule has 0 saturated heterocycles. The zero-order chi connectivity index (χ0) is 25.9. The zero-order valence-electron chi connectivity index (χ0n) is 19.6. The number of anilines is 2. The van der Waals surface area contributed by atoms with Crippen molar-refractivity contribution in [2.75, 3.05) is 15.8 Å². The second-order valence-corrected chi connectivity index (χ2v) is 10.8. The fourth-order valence-corrected chi connectivity index (χ4v) is 5.13. The van der Waals surface area contributed by atoms with Crippen molar-refractivity contribution in [2.45, 2.75) is 23.9 Å². The third-order valence-corrected chi connectivity index (χ3v) is 7.57. The highest BCUT2D eigenvalue weighted by atomic mass is 35.5. The number of benzene rings is 2. The lowest BCUT2D eigenvalue weighted by molar-refractivity contribution is -0.113. The van der Waals surface area contributed by atoms with E-state index in [-0.39, 0.29) is 22.4 Å². The fourth-order valence-electron chi connectivity index (χ4n) is 3.30. The topological polar surface area (TPSA) is 132 Å². The highest BCUT2D eigenvalue weighted by Crippen LogP contribution is 2.24. The van der Waals surface area contributed by atoms with Gasteiger partial charge in [0.25, 0.3) is 10.0 Å². The number of hydrogen-bond donors (Lipinski definition) is 2. The molecule has 2 aromatic carbocycles. The number of carbonyl (C=O) groups is 1. The average molecular weight is 544 g/mol. The third kappa shape index (κ3) is 6.20. The highest BCUT2D eigenvalue weighted by molar-refractivity contribution is 7.99. The minimum Gasteiger partial charge on any atom is -0.325 e. The molecule has 4 aromatic rings. The van der Waals surface area contributed by atoms with Crippen LogP contribution in [0.25, 0.3) is 11.4 Å². The maximum atomic E-state index is 12.7. The van der Waals surface area contributed by atoms with Crippen LogP contribution in [0.1, 0.15) is 11.5 Å². The molecule has 0 bridgehead atoms. The number of aromatic nitrogens is 5. The van der Waals surface area contributed by atoms with Gasteiger partial charge in [-0.2, -0.15) is 0 Å². The van der Waals surface area contributed by atoms with E-state index in [9.17, 15) is 13.2 Å². The number of halogens is 1. The van der Waals surface area contributed by atoms with Gasteiger partial charge in [0, 0.05) is 35.1 Å². The van der Waals surface area contributed by atoms with Crippen LogP contribution in [-0.2, 0) is 21.9 Å². The van der Waals surface area contributed by atoms with E-state index in [1.54, 1.807) is 36.6 Å². The number of sulfonamides is 1. The molecule has 186 valence electrons. The van der Waals surface area contributed by atoms with Crippen molar-refractivity contribution in [1.29, 1.82) is 0 Å². The molecular formula is C23H22ClN7O3S2. The molecule has 0 atom stereocenters. The van der Waals surface area contributed by atoms with Crippen LogP contribution >= 0.6 is 23.4 Å². The number of thioether (sulfide) groups is 1. The summed E-state index contributed by atoms with van der Waals surface area (Å²) in [6.45, 7) is 3.44. The molecule has 0 spiro atoms. The van der Waals surface area contributed by atoms with Crippen molar-refractivity contribution in [2.24, 2.45) is 7.05 Å². The number of nitrogens with one attached hydrogen (secondary N) is 2. The van der Waals surface area contributed by atoms with Crippen LogP contribution in [0.5, 0.6) is 0 Å². The number of carbonyl (C=O) groups excluding carboxylic acids is 1. The molecule has 0 unspecified atom stereocenters. The number of amides is 1. The molecule has 0 aliphatic heterocycles. The average Bonchev–Trinajstić information content (AvgIpc) is 3.18. The van der Waals surface area contributed by atoms with Crippen molar-refractivity contribution < 1.29 is 13.2 Å². The van der Waals surface area contributed by atoms with E-state index in [0.717, 1.165) is 5.56 Å². The zero-order valence-corrected chi connectivity index (χ0v) is 21.9. The largest absolute Gasteiger partial charge is 0.325 e. The summed E-state index contributed by atoms with van der Waals surface area (Å²) in [5.74, 6) is 1.15. The highest BCUT2D eigenvalue weighted by Gasteiger charge is 2.17. The molecule has 0 radical (unpaired) electrons. The van der Waals surface area contributed by atoms with E-state index in [4.69, 9.17) is 11.6 Å². The molecule has 0 fully saturated rings. The lowest BCUT2D eigenvalue weighted by Crippen LogP contribution is -2.16. The number of aryl methyl sites for hydroxylation is 2. The van der Waals surface area contributed by atoms with Gasteiger partial charge in [0.2, 0.25) is 5.91 Å². The Hall–Kier alpha value is -3.48. The van der Waals surface area contributed by atoms with Crippen LogP contribution in [0.2, 0.25) is 5.02 Å². The predicted octanol–water partition coefficient (Wildman–Crippen LogP) is 4.07. The Morgan fingerprint density at radius 1 is 1.03 bits per heavy atom. The Bertz CT molecular complexity index is 1490. The summed E-state index contributed by atoms with van der Waals surface area (Å²) in [6, 6.07) is 14.7. The van der Waals surface area contributed by atoms with Crippen LogP contribution in [0, 0.1) is 13.8 Å². The molecule has 2 N–H and O–H groups in total. The Labute approximate surface area is 217 Å². The smallest absolute Gasteiger partial charge is 0.263 e. The van der Waals surface area contributed by atoms with Crippen molar-refractivity contribution in [3.8, 4) is 11.4 Å². The van der Waals surface area contributed by atoms with Gasteiger partial charge < -0.3 is 9.88 Å². The summed E-state index contributed by atoms with van der Waals surface area (Å²) in [6.07, 6.45) is 0. The van der Waals surface area contributed by atoms with E-state index < -0.39 is 10.0 Å². The van der Waals surface area contributed by atoms with E-state index in [1.165, 1.54) is 36.0 Å². The van der Waals surface area contributed by atoms with E-state index in [2.05, 4.69) is 30.2 Å². The van der Waals surface area contributed by atoms with Gasteiger partial charge in [-0.15, -0.1) is 10.2 Å². The second-order valence-electron chi connectivity index (χ2n) is 7.78. The Morgan fingerprint density at radius 2 is 1.72 bits per heavy atom. The van der Waals surface area contributed by atoms with E-state index >= 15 is 0 Å².